The molecule has 0 aliphatic rings. The van der Waals surface area contributed by atoms with Gasteiger partial charge in [0.25, 0.3) is 5.85 Å². The number of halogens is 1. The minimum Gasteiger partial charge on any atom is -0.348 e. The minimum absolute atomic E-state index is 0. The smallest absolute Gasteiger partial charge is 0.348 e. The molecule has 50 valence electrons. The standard InChI is InChI=1S/C2H4ClO3P.H3N/c3-1-2(4)7(5)6;/h2,4H,1H2;1H3/p+1. The summed E-state index contributed by atoms with van der Waals surface area (Å²) in [6.45, 7) is 0. The maximum absolute atomic E-state index is 9.74. The topological polar surface area (TPSA) is 92.5 Å². The number of hydrogen-bond acceptors (Lipinski definition) is 3. The molecule has 0 aliphatic heterocycles. The molecule has 5 N–H and O–H groups in total. The lowest BCUT2D eigenvalue weighted by Crippen LogP contribution is -1.99. The number of rotatable bonds is 2. The van der Waals surface area contributed by atoms with E-state index in [-0.39, 0.29) is 12.0 Å². The van der Waals surface area contributed by atoms with Crippen LogP contribution in [0.2, 0.25) is 0 Å². The van der Waals surface area contributed by atoms with Gasteiger partial charge in [-0.3, -0.25) is 0 Å². The van der Waals surface area contributed by atoms with Crippen molar-refractivity contribution in [3.8, 4) is 0 Å². The third-order valence-corrected chi connectivity index (χ3v) is 1.59. The van der Waals surface area contributed by atoms with Crippen LogP contribution in [0.1, 0.15) is 0 Å². The van der Waals surface area contributed by atoms with E-state index in [1.54, 1.807) is 0 Å². The van der Waals surface area contributed by atoms with E-state index in [1.807, 2.05) is 0 Å². The zero-order chi connectivity index (χ0) is 5.86. The van der Waals surface area contributed by atoms with Crippen LogP contribution in [-0.2, 0) is 4.57 Å². The van der Waals surface area contributed by atoms with E-state index in [0.717, 1.165) is 0 Å². The van der Waals surface area contributed by atoms with E-state index in [2.05, 4.69) is 0 Å². The number of alkyl halides is 1. The van der Waals surface area contributed by atoms with E-state index in [0.29, 0.717) is 0 Å². The van der Waals surface area contributed by atoms with Gasteiger partial charge in [-0.05, 0) is 4.57 Å². The fourth-order valence-corrected chi connectivity index (χ4v) is 0.531. The molecule has 0 bridgehead atoms. The highest BCUT2D eigenvalue weighted by Crippen LogP contribution is 2.19. The summed E-state index contributed by atoms with van der Waals surface area (Å²) in [5.74, 6) is -1.46. The van der Waals surface area contributed by atoms with Crippen molar-refractivity contribution in [2.45, 2.75) is 5.85 Å². The van der Waals surface area contributed by atoms with Gasteiger partial charge in [-0.1, -0.05) is 0 Å². The van der Waals surface area contributed by atoms with Gasteiger partial charge in [-0.15, -0.1) is 11.6 Å². The molecule has 4 nitrogen and oxygen atoms in total. The maximum Gasteiger partial charge on any atom is 0.538 e. The van der Waals surface area contributed by atoms with Crippen LogP contribution in [0, 0.1) is 0 Å². The fraction of sp³-hybridized carbons (Fsp3) is 1.00. The summed E-state index contributed by atoms with van der Waals surface area (Å²) in [7, 11) is -2.49. The van der Waals surface area contributed by atoms with E-state index in [1.165, 1.54) is 0 Å². The van der Waals surface area contributed by atoms with Crippen LogP contribution in [0.25, 0.3) is 0 Å². The molecule has 0 rings (SSSR count). The van der Waals surface area contributed by atoms with Gasteiger partial charge in [-0.25, -0.2) is 0 Å². The highest BCUT2D eigenvalue weighted by molar-refractivity contribution is 7.38. The first-order valence-corrected chi connectivity index (χ1v) is 3.39. The summed E-state index contributed by atoms with van der Waals surface area (Å²) in [5, 5.41) is 8.27. The van der Waals surface area contributed by atoms with Crippen molar-refractivity contribution in [2.24, 2.45) is 0 Å². The van der Waals surface area contributed by atoms with Gasteiger partial charge in [0.2, 0.25) is 0 Å². The van der Waals surface area contributed by atoms with Crippen molar-refractivity contribution in [3.05, 3.63) is 0 Å². The molecule has 0 radical (unpaired) electrons. The second kappa shape index (κ2) is 5.41. The molecule has 0 aliphatic carbocycles. The van der Waals surface area contributed by atoms with E-state index in [9.17, 15) is 4.57 Å². The molecule has 0 saturated carbocycles. The average Bonchev–Trinajstić information content (AvgIpc) is 1.65. The van der Waals surface area contributed by atoms with Crippen LogP contribution in [0.3, 0.4) is 0 Å². The monoisotopic (exact) mass is 160 g/mol. The summed E-state index contributed by atoms with van der Waals surface area (Å²) in [6, 6.07) is 0. The third-order valence-electron chi connectivity index (χ3n) is 0.393. The van der Waals surface area contributed by atoms with Crippen molar-refractivity contribution >= 4 is 19.6 Å². The van der Waals surface area contributed by atoms with Gasteiger partial charge in [0, 0.05) is 0 Å². The highest BCUT2D eigenvalue weighted by Gasteiger charge is 2.23. The predicted octanol–water partition coefficient (Wildman–Crippen LogP) is 0.440. The Hall–Kier alpha value is 0.270. The molecule has 0 fully saturated rings. The molecule has 2 unspecified atom stereocenters. The van der Waals surface area contributed by atoms with Crippen LogP contribution < -0.4 is 6.15 Å². The van der Waals surface area contributed by atoms with Crippen LogP contribution >= 0.6 is 19.6 Å². The Bertz CT molecular complexity index is 79.7. The van der Waals surface area contributed by atoms with Crippen molar-refractivity contribution in [3.63, 3.8) is 0 Å². The van der Waals surface area contributed by atoms with Crippen molar-refractivity contribution in [2.75, 3.05) is 5.88 Å². The number of aliphatic hydroxyl groups excluding tert-OH is 1. The summed E-state index contributed by atoms with van der Waals surface area (Å²) < 4.78 is 9.74. The Labute approximate surface area is 52.9 Å². The molecule has 0 aromatic heterocycles. The predicted molar refractivity (Wildman–Crippen MR) is 31.6 cm³/mol. The average molecular weight is 161 g/mol. The zero-order valence-electron chi connectivity index (χ0n) is 4.12. The Morgan fingerprint density at radius 1 is 1.75 bits per heavy atom. The van der Waals surface area contributed by atoms with Crippen molar-refractivity contribution in [1.29, 1.82) is 0 Å². The third kappa shape index (κ3) is 4.43. The van der Waals surface area contributed by atoms with Crippen LogP contribution in [-0.4, -0.2) is 21.7 Å². The number of aliphatic hydroxyl groups is 1. The first-order valence-electron chi connectivity index (χ1n) is 1.57. The molecular formula is C2H8ClNO3P+. The molecular weight excluding hydrogens is 152 g/mol. The van der Waals surface area contributed by atoms with E-state index < -0.39 is 13.9 Å². The highest BCUT2D eigenvalue weighted by atomic mass is 35.5. The minimum atomic E-state index is -2.49. The lowest BCUT2D eigenvalue weighted by Gasteiger charge is -1.82. The molecule has 6 heteroatoms. The molecule has 0 heterocycles. The van der Waals surface area contributed by atoms with Crippen molar-refractivity contribution < 1.29 is 14.6 Å². The summed E-state index contributed by atoms with van der Waals surface area (Å²) >= 11 is 4.95. The normalized spacial score (nSPS) is 14.1. The Balaban J connectivity index is 0. The maximum atomic E-state index is 9.74. The molecule has 8 heavy (non-hydrogen) atoms. The van der Waals surface area contributed by atoms with Gasteiger partial charge in [0.15, 0.2) is 0 Å². The first-order chi connectivity index (χ1) is 3.18. The van der Waals surface area contributed by atoms with Crippen molar-refractivity contribution in [1.82, 2.24) is 6.15 Å². The summed E-state index contributed by atoms with van der Waals surface area (Å²) in [6.07, 6.45) is 0. The van der Waals surface area contributed by atoms with Gasteiger partial charge in [0.05, 0.1) is 5.88 Å². The second-order valence-electron chi connectivity index (χ2n) is 0.937. The van der Waals surface area contributed by atoms with Crippen LogP contribution in [0.4, 0.5) is 0 Å². The van der Waals surface area contributed by atoms with Crippen LogP contribution in [0.5, 0.6) is 0 Å². The van der Waals surface area contributed by atoms with Gasteiger partial charge >= 0.3 is 8.03 Å². The second-order valence-corrected chi connectivity index (χ2v) is 2.45. The lowest BCUT2D eigenvalue weighted by atomic mass is 10.9. The molecule has 0 aromatic carbocycles. The largest absolute Gasteiger partial charge is 0.538 e. The van der Waals surface area contributed by atoms with Crippen LogP contribution in [0.15, 0.2) is 0 Å². The Morgan fingerprint density at radius 3 is 2.12 bits per heavy atom. The first kappa shape index (κ1) is 11.1. The van der Waals surface area contributed by atoms with E-state index in [4.69, 9.17) is 21.6 Å². The molecule has 2 atom stereocenters. The SMILES string of the molecule is N.O=[P+](O)C(O)CCl. The zero-order valence-corrected chi connectivity index (χ0v) is 5.77. The molecule has 0 amide bonds. The van der Waals surface area contributed by atoms with Gasteiger partial charge in [0.1, 0.15) is 0 Å². The quantitative estimate of drug-likeness (QED) is 0.404. The lowest BCUT2D eigenvalue weighted by molar-refractivity contribution is 0.259. The fourth-order valence-electron chi connectivity index (χ4n) is 0.0590. The summed E-state index contributed by atoms with van der Waals surface area (Å²) in [5.41, 5.74) is 0. The van der Waals surface area contributed by atoms with Gasteiger partial charge in [-0.2, -0.15) is 4.89 Å². The molecule has 0 saturated heterocycles. The van der Waals surface area contributed by atoms with Gasteiger partial charge < -0.3 is 11.3 Å². The molecule has 0 aromatic rings. The van der Waals surface area contributed by atoms with E-state index >= 15 is 0 Å². The summed E-state index contributed by atoms with van der Waals surface area (Å²) in [4.78, 5) is 8.00. The number of hydrogen-bond donors (Lipinski definition) is 3. The Kier molecular flexibility index (Phi) is 7.52. The Morgan fingerprint density at radius 2 is 2.12 bits per heavy atom. The molecule has 0 spiro atoms.